The number of nitriles is 1. The third kappa shape index (κ3) is 2.63. The van der Waals surface area contributed by atoms with Gasteiger partial charge < -0.3 is 20.1 Å². The normalized spacial score (nSPS) is 16.0. The molecule has 0 fully saturated rings. The molecule has 2 N–H and O–H groups in total. The zero-order chi connectivity index (χ0) is 17.3. The molecule has 5 nitrogen and oxygen atoms in total. The van der Waals surface area contributed by atoms with Crippen LogP contribution in [0.1, 0.15) is 17.0 Å². The quantitative estimate of drug-likeness (QED) is 0.941. The summed E-state index contributed by atoms with van der Waals surface area (Å²) in [6, 6.07) is 15.8. The van der Waals surface area contributed by atoms with Crippen molar-refractivity contribution in [2.45, 2.75) is 5.92 Å². The van der Waals surface area contributed by atoms with E-state index >= 15 is 0 Å². The zero-order valence-electron chi connectivity index (χ0n) is 13.9. The molecule has 1 unspecified atom stereocenters. The van der Waals surface area contributed by atoms with Gasteiger partial charge in [0, 0.05) is 31.4 Å². The Bertz CT molecular complexity index is 850. The van der Waals surface area contributed by atoms with Gasteiger partial charge in [0.25, 0.3) is 0 Å². The number of anilines is 1. The molecule has 0 amide bonds. The van der Waals surface area contributed by atoms with Crippen LogP contribution in [0.3, 0.4) is 0 Å². The van der Waals surface area contributed by atoms with E-state index in [2.05, 4.69) is 6.07 Å². The molecule has 0 aliphatic carbocycles. The van der Waals surface area contributed by atoms with Crippen LogP contribution in [0.5, 0.6) is 11.5 Å². The van der Waals surface area contributed by atoms with Crippen LogP contribution in [-0.4, -0.2) is 21.2 Å². The van der Waals surface area contributed by atoms with Crippen molar-refractivity contribution in [3.63, 3.8) is 0 Å². The number of nitrogens with zero attached hydrogens (tertiary/aromatic N) is 2. The van der Waals surface area contributed by atoms with E-state index in [-0.39, 0.29) is 11.8 Å². The number of rotatable bonds is 3. The summed E-state index contributed by atoms with van der Waals surface area (Å²) in [7, 11) is 5.55. The van der Waals surface area contributed by atoms with E-state index in [0.29, 0.717) is 11.3 Å². The van der Waals surface area contributed by atoms with Crippen LogP contribution >= 0.6 is 0 Å². The van der Waals surface area contributed by atoms with Crippen LogP contribution < -0.4 is 20.1 Å². The summed E-state index contributed by atoms with van der Waals surface area (Å²) in [5.41, 5.74) is 9.29. The molecule has 1 aliphatic rings. The Hall–Kier alpha value is -3.13. The third-order valence-electron chi connectivity index (χ3n) is 4.15. The smallest absolute Gasteiger partial charge is 0.205 e. The fourth-order valence-corrected chi connectivity index (χ4v) is 2.89. The topological polar surface area (TPSA) is 71.5 Å². The van der Waals surface area contributed by atoms with Gasteiger partial charge in [-0.25, -0.2) is 0 Å². The minimum absolute atomic E-state index is 0.147. The summed E-state index contributed by atoms with van der Waals surface area (Å²) in [5.74, 6) is 1.28. The van der Waals surface area contributed by atoms with Gasteiger partial charge in [-0.1, -0.05) is 18.2 Å². The van der Waals surface area contributed by atoms with Gasteiger partial charge in [0.05, 0.1) is 13.0 Å². The Labute approximate surface area is 141 Å². The van der Waals surface area contributed by atoms with Gasteiger partial charge in [-0.3, -0.25) is 0 Å². The summed E-state index contributed by atoms with van der Waals surface area (Å²) in [6.07, 6.45) is 0. The molecular weight excluding hydrogens is 302 g/mol. The zero-order valence-corrected chi connectivity index (χ0v) is 13.9. The molecule has 1 heterocycles. The van der Waals surface area contributed by atoms with Crippen molar-refractivity contribution in [1.29, 1.82) is 5.26 Å². The van der Waals surface area contributed by atoms with Crippen molar-refractivity contribution in [2.75, 3.05) is 26.1 Å². The van der Waals surface area contributed by atoms with Crippen LogP contribution in [-0.2, 0) is 0 Å². The van der Waals surface area contributed by atoms with Crippen LogP contribution in [0.25, 0.3) is 0 Å². The van der Waals surface area contributed by atoms with Crippen LogP contribution in [0.15, 0.2) is 53.9 Å². The maximum Gasteiger partial charge on any atom is 0.205 e. The lowest BCUT2D eigenvalue weighted by Crippen LogP contribution is -2.21. The van der Waals surface area contributed by atoms with E-state index in [4.69, 9.17) is 15.2 Å². The van der Waals surface area contributed by atoms with Crippen LogP contribution in [0.4, 0.5) is 5.69 Å². The molecule has 0 bridgehead atoms. The number of hydrogen-bond acceptors (Lipinski definition) is 5. The molecular formula is C19H19N3O2. The minimum atomic E-state index is -0.273. The summed E-state index contributed by atoms with van der Waals surface area (Å²) < 4.78 is 11.0. The third-order valence-corrected chi connectivity index (χ3v) is 4.15. The fourth-order valence-electron chi connectivity index (χ4n) is 2.89. The number of benzene rings is 2. The lowest BCUT2D eigenvalue weighted by molar-refractivity contribution is 0.393. The van der Waals surface area contributed by atoms with Crippen molar-refractivity contribution >= 4 is 5.69 Å². The molecule has 0 spiro atoms. The number of methoxy groups -OCH3 is 1. The van der Waals surface area contributed by atoms with E-state index < -0.39 is 0 Å². The Morgan fingerprint density at radius 3 is 2.67 bits per heavy atom. The second kappa shape index (κ2) is 6.17. The standard InChI is InChI=1S/C19H19N3O2/c1-22(2)13-7-8-15-17(10-13)24-19(21)16(11-20)18(15)12-5-4-6-14(9-12)23-3/h4-10,18H,21H2,1-3H3. The number of hydrogen-bond donors (Lipinski definition) is 1. The number of nitrogens with two attached hydrogens (primary N) is 1. The molecule has 0 saturated heterocycles. The molecule has 1 aliphatic heterocycles. The van der Waals surface area contributed by atoms with Gasteiger partial charge in [-0.2, -0.15) is 5.26 Å². The molecule has 122 valence electrons. The summed E-state index contributed by atoms with van der Waals surface area (Å²) in [4.78, 5) is 1.99. The highest BCUT2D eigenvalue weighted by molar-refractivity contribution is 5.61. The minimum Gasteiger partial charge on any atom is -0.497 e. The highest BCUT2D eigenvalue weighted by atomic mass is 16.5. The van der Waals surface area contributed by atoms with Crippen molar-refractivity contribution in [2.24, 2.45) is 5.73 Å². The van der Waals surface area contributed by atoms with E-state index in [1.165, 1.54) is 0 Å². The molecule has 5 heteroatoms. The van der Waals surface area contributed by atoms with E-state index in [0.717, 1.165) is 22.6 Å². The van der Waals surface area contributed by atoms with E-state index in [1.807, 2.05) is 61.5 Å². The first kappa shape index (κ1) is 15.8. The average molecular weight is 321 g/mol. The Balaban J connectivity index is 2.18. The number of ether oxygens (including phenoxy) is 2. The number of allylic oxidation sites excluding steroid dienone is 1. The predicted octanol–water partition coefficient (Wildman–Crippen LogP) is 2.98. The van der Waals surface area contributed by atoms with Gasteiger partial charge >= 0.3 is 0 Å². The average Bonchev–Trinajstić information content (AvgIpc) is 2.59. The van der Waals surface area contributed by atoms with Gasteiger partial charge in [0.1, 0.15) is 23.1 Å². The maximum absolute atomic E-state index is 9.58. The Kier molecular flexibility index (Phi) is 4.05. The SMILES string of the molecule is COc1cccc(C2C(C#N)=C(N)Oc3cc(N(C)C)ccc32)c1. The highest BCUT2D eigenvalue weighted by Gasteiger charge is 2.31. The molecule has 24 heavy (non-hydrogen) atoms. The van der Waals surface area contributed by atoms with Gasteiger partial charge in [-0.05, 0) is 23.8 Å². The summed E-state index contributed by atoms with van der Waals surface area (Å²) in [6.45, 7) is 0. The van der Waals surface area contributed by atoms with Crippen molar-refractivity contribution in [3.05, 3.63) is 65.0 Å². The summed E-state index contributed by atoms with van der Waals surface area (Å²) in [5, 5.41) is 9.58. The molecule has 0 saturated carbocycles. The van der Waals surface area contributed by atoms with Crippen LogP contribution in [0.2, 0.25) is 0 Å². The molecule has 0 radical (unpaired) electrons. The monoisotopic (exact) mass is 321 g/mol. The molecule has 2 aromatic carbocycles. The van der Waals surface area contributed by atoms with Crippen molar-refractivity contribution in [3.8, 4) is 17.6 Å². The highest BCUT2D eigenvalue weighted by Crippen LogP contribution is 2.43. The first-order valence-corrected chi connectivity index (χ1v) is 7.58. The Morgan fingerprint density at radius 2 is 2.00 bits per heavy atom. The summed E-state index contributed by atoms with van der Waals surface area (Å²) >= 11 is 0. The molecule has 3 rings (SSSR count). The first-order valence-electron chi connectivity index (χ1n) is 7.58. The lowest BCUT2D eigenvalue weighted by atomic mass is 9.83. The van der Waals surface area contributed by atoms with Gasteiger partial charge in [0.15, 0.2) is 0 Å². The molecule has 1 atom stereocenters. The second-order valence-electron chi connectivity index (χ2n) is 5.82. The second-order valence-corrected chi connectivity index (χ2v) is 5.82. The lowest BCUT2D eigenvalue weighted by Gasteiger charge is -2.27. The number of fused-ring (bicyclic) bond motifs is 1. The molecule has 0 aromatic heterocycles. The molecule has 2 aromatic rings. The van der Waals surface area contributed by atoms with Gasteiger partial charge in [-0.15, -0.1) is 0 Å². The predicted molar refractivity (Wildman–Crippen MR) is 93.1 cm³/mol. The van der Waals surface area contributed by atoms with Crippen molar-refractivity contribution < 1.29 is 9.47 Å². The Morgan fingerprint density at radius 1 is 1.21 bits per heavy atom. The van der Waals surface area contributed by atoms with E-state index in [9.17, 15) is 5.26 Å². The largest absolute Gasteiger partial charge is 0.497 e. The fraction of sp³-hybridized carbons (Fsp3) is 0.211. The van der Waals surface area contributed by atoms with Crippen molar-refractivity contribution in [1.82, 2.24) is 0 Å². The van der Waals surface area contributed by atoms with Gasteiger partial charge in [0.2, 0.25) is 5.88 Å². The first-order chi connectivity index (χ1) is 11.5. The maximum atomic E-state index is 9.58. The van der Waals surface area contributed by atoms with E-state index in [1.54, 1.807) is 7.11 Å². The van der Waals surface area contributed by atoms with Crippen LogP contribution in [0, 0.1) is 11.3 Å².